The summed E-state index contributed by atoms with van der Waals surface area (Å²) in [5.41, 5.74) is -3.49. The Morgan fingerprint density at radius 2 is 1.46 bits per heavy atom. The highest BCUT2D eigenvalue weighted by Gasteiger charge is 2.47. The molecule has 0 saturated heterocycles. The van der Waals surface area contributed by atoms with Crippen molar-refractivity contribution in [3.05, 3.63) is 52.8 Å². The lowest BCUT2D eigenvalue weighted by Gasteiger charge is -2.23. The van der Waals surface area contributed by atoms with E-state index in [1.807, 2.05) is 0 Å². The van der Waals surface area contributed by atoms with Gasteiger partial charge < -0.3 is 4.74 Å². The minimum Gasteiger partial charge on any atom is -0.494 e. The third kappa shape index (κ3) is 3.45. The molecule has 2 aromatic rings. The van der Waals surface area contributed by atoms with Gasteiger partial charge in [0.05, 0.1) is 12.8 Å². The zero-order chi connectivity index (χ0) is 21.6. The van der Waals surface area contributed by atoms with Crippen LogP contribution in [0.1, 0.15) is 5.56 Å². The number of hydrogen-bond donors (Lipinski definition) is 0. The average Bonchev–Trinajstić information content (AvgIpc) is 2.60. The van der Waals surface area contributed by atoms with Crippen molar-refractivity contribution >= 4 is 15.7 Å². The van der Waals surface area contributed by atoms with Crippen LogP contribution in [0.5, 0.6) is 5.75 Å². The van der Waals surface area contributed by atoms with Crippen LogP contribution < -0.4 is 9.04 Å². The molecule has 0 aromatic heterocycles. The molecule has 154 valence electrons. The van der Waals surface area contributed by atoms with Crippen LogP contribution in [0.4, 0.5) is 40.8 Å². The van der Waals surface area contributed by atoms with Gasteiger partial charge in [-0.15, -0.1) is 0 Å². The van der Waals surface area contributed by atoms with Gasteiger partial charge in [-0.3, -0.25) is 4.31 Å². The number of ether oxygens (including phenoxy) is 1. The van der Waals surface area contributed by atoms with Crippen molar-refractivity contribution in [1.82, 2.24) is 0 Å². The Kier molecular flexibility index (Phi) is 5.52. The Hall–Kier alpha value is -2.57. The molecular weight excluding hydrogens is 426 g/mol. The lowest BCUT2D eigenvalue weighted by Crippen LogP contribution is -2.31. The predicted octanol–water partition coefficient (Wildman–Crippen LogP) is 4.23. The minimum absolute atomic E-state index is 0.0556. The molecule has 0 N–H and O–H groups in total. The van der Waals surface area contributed by atoms with Gasteiger partial charge in [-0.05, 0) is 12.1 Å². The molecule has 28 heavy (non-hydrogen) atoms. The number of methoxy groups -OCH3 is 1. The van der Waals surface area contributed by atoms with Gasteiger partial charge in [0.2, 0.25) is 0 Å². The van der Waals surface area contributed by atoms with Crippen molar-refractivity contribution in [1.29, 1.82) is 0 Å². The molecule has 0 heterocycles. The Bertz CT molecular complexity index is 1040. The Morgan fingerprint density at radius 1 is 0.929 bits per heavy atom. The van der Waals surface area contributed by atoms with Crippen LogP contribution in [-0.4, -0.2) is 22.6 Å². The van der Waals surface area contributed by atoms with Crippen molar-refractivity contribution in [3.8, 4) is 5.75 Å². The highest BCUT2D eigenvalue weighted by Crippen LogP contribution is 2.41. The fourth-order valence-corrected chi connectivity index (χ4v) is 3.68. The summed E-state index contributed by atoms with van der Waals surface area (Å²) in [6, 6.07) is 2.29. The first-order valence-electron chi connectivity index (χ1n) is 7.00. The summed E-state index contributed by atoms with van der Waals surface area (Å²) in [5, 5.41) is 0. The third-order valence-electron chi connectivity index (χ3n) is 3.62. The summed E-state index contributed by atoms with van der Waals surface area (Å²) in [7, 11) is -3.99. The molecule has 2 rings (SSSR count). The number of anilines is 1. The Labute approximate surface area is 153 Å². The van der Waals surface area contributed by atoms with Gasteiger partial charge in [0.1, 0.15) is 10.5 Å². The second kappa shape index (κ2) is 7.11. The molecule has 0 fully saturated rings. The molecule has 0 unspecified atom stereocenters. The molecule has 0 aliphatic rings. The first-order valence-corrected chi connectivity index (χ1v) is 8.44. The van der Waals surface area contributed by atoms with E-state index in [-0.39, 0.29) is 10.1 Å². The summed E-state index contributed by atoms with van der Waals surface area (Å²) in [5.74, 6) is -12.8. The molecule has 0 radical (unpaired) electrons. The Balaban J connectivity index is 2.80. The predicted molar refractivity (Wildman–Crippen MR) is 79.8 cm³/mol. The molecule has 0 aliphatic heterocycles. The number of rotatable bonds is 4. The molecular formula is C15H9F8NO3S. The fourth-order valence-electron chi connectivity index (χ4n) is 2.23. The molecule has 0 bridgehead atoms. The summed E-state index contributed by atoms with van der Waals surface area (Å²) in [6.07, 6.45) is -5.89. The number of nitrogens with zero attached hydrogens (tertiary/aromatic N) is 1. The van der Waals surface area contributed by atoms with Crippen molar-refractivity contribution < 1.29 is 48.3 Å². The van der Waals surface area contributed by atoms with Crippen LogP contribution in [0, 0.1) is 29.1 Å². The van der Waals surface area contributed by atoms with E-state index in [1.54, 1.807) is 0 Å². The SMILES string of the molecule is COc1ccc(N(C)S(=O)(=O)c2c(F)c(F)c(F)c(F)c2C(F)(F)F)cc1F. The second-order valence-electron chi connectivity index (χ2n) is 5.25. The van der Waals surface area contributed by atoms with Crippen LogP contribution in [-0.2, 0) is 16.2 Å². The van der Waals surface area contributed by atoms with Gasteiger partial charge in [0.15, 0.2) is 34.8 Å². The molecule has 2 aromatic carbocycles. The van der Waals surface area contributed by atoms with Gasteiger partial charge in [-0.25, -0.2) is 30.4 Å². The standard InChI is InChI=1S/C15H9F8NO3S/c1-24(6-3-4-8(27-2)7(16)5-6)28(25,26)14-9(15(21,22)23)10(17)11(18)12(19)13(14)20/h3-5H,1-2H3. The molecule has 0 aliphatic carbocycles. The molecule has 13 heteroatoms. The van der Waals surface area contributed by atoms with E-state index in [9.17, 15) is 43.5 Å². The van der Waals surface area contributed by atoms with Gasteiger partial charge >= 0.3 is 6.18 Å². The quantitative estimate of drug-likeness (QED) is 0.410. The van der Waals surface area contributed by atoms with E-state index in [2.05, 4.69) is 4.74 Å². The van der Waals surface area contributed by atoms with Crippen LogP contribution in [0.15, 0.2) is 23.1 Å². The zero-order valence-corrected chi connectivity index (χ0v) is 14.7. The molecule has 0 saturated carbocycles. The van der Waals surface area contributed by atoms with Gasteiger partial charge in [-0.2, -0.15) is 13.2 Å². The van der Waals surface area contributed by atoms with Crippen LogP contribution in [0.3, 0.4) is 0 Å². The van der Waals surface area contributed by atoms with E-state index in [1.165, 1.54) is 0 Å². The largest absolute Gasteiger partial charge is 0.494 e. The maximum atomic E-state index is 14.0. The first-order chi connectivity index (χ1) is 12.7. The third-order valence-corrected chi connectivity index (χ3v) is 5.46. The van der Waals surface area contributed by atoms with Crippen molar-refractivity contribution in [2.75, 3.05) is 18.5 Å². The van der Waals surface area contributed by atoms with Gasteiger partial charge in [-0.1, -0.05) is 0 Å². The minimum atomic E-state index is -5.89. The van der Waals surface area contributed by atoms with Crippen molar-refractivity contribution in [3.63, 3.8) is 0 Å². The van der Waals surface area contributed by atoms with Crippen LogP contribution >= 0.6 is 0 Å². The number of hydrogen-bond acceptors (Lipinski definition) is 3. The fraction of sp³-hybridized carbons (Fsp3) is 0.200. The normalized spacial score (nSPS) is 12.2. The summed E-state index contributed by atoms with van der Waals surface area (Å²) in [6.45, 7) is 0. The van der Waals surface area contributed by atoms with Crippen LogP contribution in [0.25, 0.3) is 0 Å². The Morgan fingerprint density at radius 3 is 1.93 bits per heavy atom. The van der Waals surface area contributed by atoms with E-state index in [0.717, 1.165) is 19.2 Å². The molecule has 0 atom stereocenters. The lowest BCUT2D eigenvalue weighted by atomic mass is 10.2. The highest BCUT2D eigenvalue weighted by atomic mass is 32.2. The number of benzene rings is 2. The maximum Gasteiger partial charge on any atom is 0.420 e. The van der Waals surface area contributed by atoms with E-state index >= 15 is 0 Å². The van der Waals surface area contributed by atoms with Crippen LogP contribution in [0.2, 0.25) is 0 Å². The number of sulfonamides is 1. The van der Waals surface area contributed by atoms with Crippen molar-refractivity contribution in [2.45, 2.75) is 11.1 Å². The van der Waals surface area contributed by atoms with E-state index < -0.39 is 61.4 Å². The zero-order valence-electron chi connectivity index (χ0n) is 13.8. The monoisotopic (exact) mass is 435 g/mol. The molecule has 4 nitrogen and oxygen atoms in total. The number of alkyl halides is 3. The van der Waals surface area contributed by atoms with Gasteiger partial charge in [0, 0.05) is 13.1 Å². The first kappa shape index (κ1) is 21.7. The average molecular weight is 435 g/mol. The summed E-state index contributed by atoms with van der Waals surface area (Å²) in [4.78, 5) is -2.48. The molecule has 0 amide bonds. The smallest absolute Gasteiger partial charge is 0.420 e. The van der Waals surface area contributed by atoms with E-state index in [4.69, 9.17) is 0 Å². The second-order valence-corrected chi connectivity index (χ2v) is 7.16. The number of halogens is 8. The van der Waals surface area contributed by atoms with Gasteiger partial charge in [0.25, 0.3) is 10.0 Å². The summed E-state index contributed by atoms with van der Waals surface area (Å²) >= 11 is 0. The molecule has 0 spiro atoms. The van der Waals surface area contributed by atoms with E-state index in [0.29, 0.717) is 13.1 Å². The topological polar surface area (TPSA) is 46.6 Å². The van der Waals surface area contributed by atoms with Crippen molar-refractivity contribution in [2.24, 2.45) is 0 Å². The maximum absolute atomic E-state index is 14.0. The summed E-state index contributed by atoms with van der Waals surface area (Å²) < 4.78 is 137. The lowest BCUT2D eigenvalue weighted by molar-refractivity contribution is -0.143. The highest BCUT2D eigenvalue weighted by molar-refractivity contribution is 7.92.